The molecule has 0 bridgehead atoms. The van der Waals surface area contributed by atoms with E-state index in [4.69, 9.17) is 5.11 Å². The Morgan fingerprint density at radius 1 is 1.32 bits per heavy atom. The van der Waals surface area contributed by atoms with Gasteiger partial charge >= 0.3 is 5.97 Å². The summed E-state index contributed by atoms with van der Waals surface area (Å²) in [5.74, 6) is -3.47. The lowest BCUT2D eigenvalue weighted by atomic mass is 10.1. The smallest absolute Gasteiger partial charge is 0.327 e. The van der Waals surface area contributed by atoms with Crippen LogP contribution in [0, 0.1) is 0 Å². The van der Waals surface area contributed by atoms with Crippen molar-refractivity contribution < 1.29 is 24.6 Å². The van der Waals surface area contributed by atoms with Crippen molar-refractivity contribution in [1.29, 1.82) is 0 Å². The summed E-state index contributed by atoms with van der Waals surface area (Å²) in [6.45, 7) is 1.08. The average molecular weight is 283 g/mol. The Morgan fingerprint density at radius 2 is 1.89 bits per heavy atom. The number of aromatic hydroxyl groups is 1. The molecule has 0 unspecified atom stereocenters. The van der Waals surface area contributed by atoms with E-state index in [-0.39, 0.29) is 17.1 Å². The normalized spacial score (nSPS) is 11.7. The lowest BCUT2D eigenvalue weighted by Gasteiger charge is -2.25. The molecule has 0 saturated heterocycles. The second-order valence-corrected chi connectivity index (χ2v) is 4.11. The van der Waals surface area contributed by atoms with E-state index in [0.717, 1.165) is 6.92 Å². The summed E-state index contributed by atoms with van der Waals surface area (Å²) < 4.78 is 0. The summed E-state index contributed by atoms with van der Waals surface area (Å²) in [6.07, 6.45) is 0. The van der Waals surface area contributed by atoms with E-state index >= 15 is 0 Å². The van der Waals surface area contributed by atoms with Crippen molar-refractivity contribution in [3.8, 4) is 5.75 Å². The number of carboxylic acids is 1. The number of thiol groups is 1. The number of para-hydroxylation sites is 1. The number of amides is 2. The van der Waals surface area contributed by atoms with Crippen LogP contribution < -0.4 is 0 Å². The monoisotopic (exact) mass is 283 g/mol. The maximum absolute atomic E-state index is 12.2. The van der Waals surface area contributed by atoms with Gasteiger partial charge < -0.3 is 10.2 Å². The Kier molecular flexibility index (Phi) is 4.94. The number of imide groups is 1. The zero-order valence-electron chi connectivity index (χ0n) is 10.1. The van der Waals surface area contributed by atoms with Gasteiger partial charge in [0.1, 0.15) is 11.8 Å². The fourth-order valence-electron chi connectivity index (χ4n) is 1.56. The molecule has 0 saturated carbocycles. The average Bonchev–Trinajstić information content (AvgIpc) is 2.34. The van der Waals surface area contributed by atoms with Crippen LogP contribution in [0.2, 0.25) is 0 Å². The standard InChI is InChI=1S/C12H13NO5S/c1-7(14)13(9(6-19)12(17)18)11(16)8-4-2-3-5-10(8)15/h2-5,9,15,19H,6H2,1H3,(H,17,18)/t9-/m0/s1. The van der Waals surface area contributed by atoms with Crippen LogP contribution in [0.25, 0.3) is 0 Å². The minimum atomic E-state index is -1.38. The minimum absolute atomic E-state index is 0.134. The Balaban J connectivity index is 3.21. The molecule has 0 radical (unpaired) electrons. The first-order valence-electron chi connectivity index (χ1n) is 5.36. The molecule has 1 atom stereocenters. The van der Waals surface area contributed by atoms with E-state index in [9.17, 15) is 19.5 Å². The van der Waals surface area contributed by atoms with Gasteiger partial charge in [0.25, 0.3) is 5.91 Å². The van der Waals surface area contributed by atoms with E-state index < -0.39 is 23.8 Å². The van der Waals surface area contributed by atoms with Gasteiger partial charge in [0, 0.05) is 12.7 Å². The van der Waals surface area contributed by atoms with Gasteiger partial charge in [-0.3, -0.25) is 14.5 Å². The van der Waals surface area contributed by atoms with Crippen LogP contribution in [0.15, 0.2) is 24.3 Å². The first-order valence-corrected chi connectivity index (χ1v) is 5.99. The number of hydrogen-bond donors (Lipinski definition) is 3. The first kappa shape index (κ1) is 15.0. The zero-order valence-corrected chi connectivity index (χ0v) is 11.0. The maximum atomic E-state index is 12.2. The van der Waals surface area contributed by atoms with Crippen LogP contribution in [0.5, 0.6) is 5.75 Å². The van der Waals surface area contributed by atoms with Crippen molar-refractivity contribution in [2.45, 2.75) is 13.0 Å². The quantitative estimate of drug-likeness (QED) is 0.709. The topological polar surface area (TPSA) is 94.9 Å². The van der Waals surface area contributed by atoms with Gasteiger partial charge in [-0.1, -0.05) is 12.1 Å². The van der Waals surface area contributed by atoms with E-state index in [1.807, 2.05) is 0 Å². The summed E-state index contributed by atoms with van der Waals surface area (Å²) in [5, 5.41) is 18.6. The number of phenols is 1. The van der Waals surface area contributed by atoms with Crippen LogP contribution in [-0.4, -0.2) is 44.7 Å². The molecule has 0 aliphatic heterocycles. The lowest BCUT2D eigenvalue weighted by Crippen LogP contribution is -2.48. The number of rotatable bonds is 4. The second-order valence-electron chi connectivity index (χ2n) is 3.75. The van der Waals surface area contributed by atoms with E-state index in [1.165, 1.54) is 24.3 Å². The van der Waals surface area contributed by atoms with Crippen LogP contribution in [-0.2, 0) is 9.59 Å². The Morgan fingerprint density at radius 3 is 2.32 bits per heavy atom. The van der Waals surface area contributed by atoms with Crippen molar-refractivity contribution >= 4 is 30.4 Å². The van der Waals surface area contributed by atoms with Gasteiger partial charge in [-0.25, -0.2) is 4.79 Å². The van der Waals surface area contributed by atoms with Crippen molar-refractivity contribution in [1.82, 2.24) is 4.90 Å². The fourth-order valence-corrected chi connectivity index (χ4v) is 1.88. The van der Waals surface area contributed by atoms with Crippen LogP contribution >= 0.6 is 12.6 Å². The van der Waals surface area contributed by atoms with Gasteiger partial charge in [-0.15, -0.1) is 0 Å². The largest absolute Gasteiger partial charge is 0.507 e. The molecular weight excluding hydrogens is 270 g/mol. The summed E-state index contributed by atoms with van der Waals surface area (Å²) in [6, 6.07) is 4.22. The van der Waals surface area contributed by atoms with E-state index in [1.54, 1.807) is 0 Å². The van der Waals surface area contributed by atoms with Gasteiger partial charge in [-0.2, -0.15) is 12.6 Å². The molecule has 102 valence electrons. The highest BCUT2D eigenvalue weighted by Gasteiger charge is 2.33. The molecule has 0 aromatic heterocycles. The number of aliphatic carboxylic acids is 1. The number of carbonyl (C=O) groups is 3. The Bertz CT molecular complexity index is 517. The molecule has 0 aliphatic rings. The molecule has 1 aromatic rings. The zero-order chi connectivity index (χ0) is 14.6. The van der Waals surface area contributed by atoms with E-state index in [2.05, 4.69) is 12.6 Å². The van der Waals surface area contributed by atoms with Crippen molar-refractivity contribution in [3.63, 3.8) is 0 Å². The summed E-state index contributed by atoms with van der Waals surface area (Å²) in [7, 11) is 0. The SMILES string of the molecule is CC(=O)N(C(=O)c1ccccc1O)[C@@H](CS)C(=O)O. The van der Waals surface area contributed by atoms with Gasteiger partial charge in [0.15, 0.2) is 0 Å². The highest BCUT2D eigenvalue weighted by molar-refractivity contribution is 7.80. The third kappa shape index (κ3) is 3.25. The van der Waals surface area contributed by atoms with Crippen LogP contribution in [0.1, 0.15) is 17.3 Å². The Hall–Kier alpha value is -2.02. The molecule has 6 nitrogen and oxygen atoms in total. The molecule has 0 heterocycles. The molecule has 2 amide bonds. The second kappa shape index (κ2) is 6.24. The van der Waals surface area contributed by atoms with Crippen molar-refractivity contribution in [2.75, 3.05) is 5.75 Å². The molecule has 2 N–H and O–H groups in total. The van der Waals surface area contributed by atoms with Gasteiger partial charge in [0.2, 0.25) is 5.91 Å². The van der Waals surface area contributed by atoms with Gasteiger partial charge in [-0.05, 0) is 12.1 Å². The molecule has 1 rings (SSSR count). The predicted octanol–water partition coefficient (Wildman–Crippen LogP) is 0.764. The summed E-state index contributed by atoms with van der Waals surface area (Å²) in [4.78, 5) is 35.3. The van der Waals surface area contributed by atoms with Crippen molar-refractivity contribution in [2.24, 2.45) is 0 Å². The van der Waals surface area contributed by atoms with Crippen LogP contribution in [0.3, 0.4) is 0 Å². The minimum Gasteiger partial charge on any atom is -0.507 e. The number of phenolic OH excluding ortho intramolecular Hbond substituents is 1. The maximum Gasteiger partial charge on any atom is 0.327 e. The number of carbonyl (C=O) groups excluding carboxylic acids is 2. The number of benzene rings is 1. The highest BCUT2D eigenvalue weighted by Crippen LogP contribution is 2.19. The lowest BCUT2D eigenvalue weighted by molar-refractivity contribution is -0.146. The molecule has 19 heavy (non-hydrogen) atoms. The third-order valence-corrected chi connectivity index (χ3v) is 2.81. The number of hydrogen-bond acceptors (Lipinski definition) is 5. The van der Waals surface area contributed by atoms with Crippen LogP contribution in [0.4, 0.5) is 0 Å². The molecule has 0 spiro atoms. The predicted molar refractivity (Wildman–Crippen MR) is 70.2 cm³/mol. The summed E-state index contributed by atoms with van der Waals surface area (Å²) >= 11 is 3.83. The fraction of sp³-hybridized carbons (Fsp3) is 0.250. The third-order valence-electron chi connectivity index (χ3n) is 2.46. The number of nitrogens with zero attached hydrogens (tertiary/aromatic N) is 1. The molecule has 0 fully saturated rings. The van der Waals surface area contributed by atoms with E-state index in [0.29, 0.717) is 4.90 Å². The first-order chi connectivity index (χ1) is 8.90. The molecule has 7 heteroatoms. The van der Waals surface area contributed by atoms with Gasteiger partial charge in [0.05, 0.1) is 5.56 Å². The highest BCUT2D eigenvalue weighted by atomic mass is 32.1. The molecular formula is C12H13NO5S. The molecule has 0 aliphatic carbocycles. The Labute approximate surface area is 115 Å². The molecule has 1 aromatic carbocycles. The summed E-state index contributed by atoms with van der Waals surface area (Å²) in [5.41, 5.74) is -0.134. The number of carboxylic acid groups (broad SMARTS) is 1. The van der Waals surface area contributed by atoms with Crippen molar-refractivity contribution in [3.05, 3.63) is 29.8 Å².